The minimum absolute atomic E-state index is 0.00936. The van der Waals surface area contributed by atoms with Gasteiger partial charge in [-0.3, -0.25) is 0 Å². The van der Waals surface area contributed by atoms with E-state index in [1.165, 1.54) is 13.0 Å². The summed E-state index contributed by atoms with van der Waals surface area (Å²) in [6.45, 7) is 1.26. The van der Waals surface area contributed by atoms with Gasteiger partial charge < -0.3 is 9.30 Å². The predicted molar refractivity (Wildman–Crippen MR) is 90.6 cm³/mol. The molecular weight excluding hydrogens is 440 g/mol. The summed E-state index contributed by atoms with van der Waals surface area (Å²) < 4.78 is 84.2. The van der Waals surface area contributed by atoms with Crippen molar-refractivity contribution in [3.8, 4) is 0 Å². The Labute approximate surface area is 168 Å². The van der Waals surface area contributed by atoms with Crippen LogP contribution in [0.4, 0.5) is 26.3 Å². The van der Waals surface area contributed by atoms with Gasteiger partial charge in [-0.05, 0) is 30.8 Å². The van der Waals surface area contributed by atoms with Crippen LogP contribution in [0.25, 0.3) is 10.9 Å². The van der Waals surface area contributed by atoms with Crippen LogP contribution in [0.1, 0.15) is 28.8 Å². The number of esters is 1. The van der Waals surface area contributed by atoms with Gasteiger partial charge in [0.05, 0.1) is 17.7 Å². The molecule has 0 saturated carbocycles. The van der Waals surface area contributed by atoms with Crippen molar-refractivity contribution in [2.24, 2.45) is 7.05 Å². The van der Waals surface area contributed by atoms with Crippen LogP contribution in [0.2, 0.25) is 0 Å². The number of aromatic nitrogens is 5. The van der Waals surface area contributed by atoms with E-state index in [0.29, 0.717) is 16.3 Å². The molecule has 0 aliphatic carbocycles. The Morgan fingerprint density at radius 1 is 1.17 bits per heavy atom. The largest absolute Gasteiger partial charge is 0.462 e. The highest BCUT2D eigenvalue weighted by Gasteiger charge is 2.39. The van der Waals surface area contributed by atoms with Crippen LogP contribution in [0.5, 0.6) is 0 Å². The molecule has 3 aromatic heterocycles. The van der Waals surface area contributed by atoms with E-state index in [-0.39, 0.29) is 27.7 Å². The maximum absolute atomic E-state index is 13.4. The van der Waals surface area contributed by atoms with Crippen LogP contribution in [0.3, 0.4) is 0 Å². The third-order valence-electron chi connectivity index (χ3n) is 3.75. The van der Waals surface area contributed by atoms with E-state index in [2.05, 4.69) is 24.9 Å². The van der Waals surface area contributed by atoms with E-state index in [1.807, 2.05) is 0 Å². The summed E-state index contributed by atoms with van der Waals surface area (Å²) in [4.78, 5) is 19.5. The van der Waals surface area contributed by atoms with Crippen LogP contribution < -0.4 is 0 Å². The van der Waals surface area contributed by atoms with Crippen molar-refractivity contribution in [3.63, 3.8) is 0 Å². The van der Waals surface area contributed by atoms with Crippen molar-refractivity contribution < 1.29 is 35.9 Å². The summed E-state index contributed by atoms with van der Waals surface area (Å²) >= 11 is 0.633. The molecule has 0 N–H and O–H groups in total. The minimum atomic E-state index is -4.93. The Morgan fingerprint density at radius 2 is 1.87 bits per heavy atom. The molecule has 0 spiro atoms. The molecule has 0 unspecified atom stereocenters. The quantitative estimate of drug-likeness (QED) is 0.436. The van der Waals surface area contributed by atoms with E-state index in [4.69, 9.17) is 0 Å². The molecule has 0 aromatic carbocycles. The molecule has 0 radical (unpaired) electrons. The summed E-state index contributed by atoms with van der Waals surface area (Å²) in [5.74, 6) is -2.49. The number of nitrogens with zero attached hydrogens (tertiary/aromatic N) is 5. The molecule has 0 aliphatic rings. The van der Waals surface area contributed by atoms with Gasteiger partial charge in [0.2, 0.25) is 5.82 Å². The first-order chi connectivity index (χ1) is 13.9. The first-order valence-corrected chi connectivity index (χ1v) is 8.93. The minimum Gasteiger partial charge on any atom is -0.462 e. The highest BCUT2D eigenvalue weighted by molar-refractivity contribution is 7.99. The van der Waals surface area contributed by atoms with Crippen molar-refractivity contribution in [1.82, 2.24) is 24.7 Å². The van der Waals surface area contributed by atoms with Crippen molar-refractivity contribution in [2.75, 3.05) is 6.61 Å². The number of rotatable bonds is 4. The van der Waals surface area contributed by atoms with Gasteiger partial charge in [-0.2, -0.15) is 26.3 Å². The number of alkyl halides is 6. The average molecular weight is 451 g/mol. The molecule has 160 valence electrons. The number of hydrogen-bond acceptors (Lipinski definition) is 7. The molecule has 3 rings (SSSR count). The highest BCUT2D eigenvalue weighted by Crippen LogP contribution is 2.37. The second kappa shape index (κ2) is 7.74. The first kappa shape index (κ1) is 21.8. The molecular formula is C16H11F6N5O2S. The molecule has 0 aliphatic heterocycles. The van der Waals surface area contributed by atoms with Gasteiger partial charge in [-0.15, -0.1) is 10.2 Å². The van der Waals surface area contributed by atoms with Gasteiger partial charge in [0, 0.05) is 18.6 Å². The van der Waals surface area contributed by atoms with Crippen LogP contribution in [-0.2, 0) is 24.1 Å². The molecule has 14 heteroatoms. The monoisotopic (exact) mass is 451 g/mol. The summed E-state index contributed by atoms with van der Waals surface area (Å²) in [6.07, 6.45) is -8.53. The van der Waals surface area contributed by atoms with Gasteiger partial charge in [-0.25, -0.2) is 14.8 Å². The van der Waals surface area contributed by atoms with Crippen LogP contribution >= 0.6 is 11.8 Å². The fourth-order valence-electron chi connectivity index (χ4n) is 2.47. The number of hydrogen-bond donors (Lipinski definition) is 0. The SMILES string of the molecule is CCOC(=O)c1cc2c(Sc3nnc(C(F)(F)F)n3C)nccc2nc1C(F)(F)F. The van der Waals surface area contributed by atoms with Gasteiger partial charge >= 0.3 is 18.3 Å². The Hall–Kier alpha value is -2.90. The number of halogens is 6. The van der Waals surface area contributed by atoms with Crippen molar-refractivity contribution >= 4 is 28.6 Å². The van der Waals surface area contributed by atoms with Crippen LogP contribution in [-0.4, -0.2) is 37.3 Å². The normalized spacial score (nSPS) is 12.4. The Balaban J connectivity index is 2.14. The topological polar surface area (TPSA) is 82.8 Å². The lowest BCUT2D eigenvalue weighted by atomic mass is 10.1. The van der Waals surface area contributed by atoms with Crippen molar-refractivity contribution in [3.05, 3.63) is 35.4 Å². The standard InChI is InChI=1S/C16H11F6N5O2S/c1-3-29-12(28)8-6-7-9(24-10(8)15(17,18)19)4-5-23-11(7)30-14-26-25-13(27(14)2)16(20,21)22/h4-6H,3H2,1-2H3. The maximum Gasteiger partial charge on any atom is 0.451 e. The second-order valence-corrected chi connectivity index (χ2v) is 6.71. The smallest absolute Gasteiger partial charge is 0.451 e. The predicted octanol–water partition coefficient (Wildman–Crippen LogP) is 4.12. The third kappa shape index (κ3) is 4.17. The molecule has 3 heterocycles. The second-order valence-electron chi connectivity index (χ2n) is 5.75. The van der Waals surface area contributed by atoms with Gasteiger partial charge in [0.15, 0.2) is 10.9 Å². The fourth-order valence-corrected chi connectivity index (χ4v) is 3.33. The highest BCUT2D eigenvalue weighted by atomic mass is 32.2. The number of carbonyl (C=O) groups excluding carboxylic acids is 1. The lowest BCUT2D eigenvalue weighted by Gasteiger charge is -2.13. The Morgan fingerprint density at radius 3 is 2.43 bits per heavy atom. The van der Waals surface area contributed by atoms with Gasteiger partial charge in [0.1, 0.15) is 5.03 Å². The molecule has 7 nitrogen and oxygen atoms in total. The van der Waals surface area contributed by atoms with E-state index >= 15 is 0 Å². The average Bonchev–Trinajstić information content (AvgIpc) is 3.01. The Bertz CT molecular complexity index is 1110. The fraction of sp³-hybridized carbons (Fsp3) is 0.312. The zero-order chi connectivity index (χ0) is 22.3. The van der Waals surface area contributed by atoms with Gasteiger partial charge in [0.25, 0.3) is 0 Å². The molecule has 0 atom stereocenters. The van der Waals surface area contributed by atoms with Crippen LogP contribution in [0.15, 0.2) is 28.5 Å². The molecule has 0 bridgehead atoms. The lowest BCUT2D eigenvalue weighted by molar-refractivity contribution is -0.147. The number of carbonyl (C=O) groups is 1. The zero-order valence-electron chi connectivity index (χ0n) is 15.2. The molecule has 30 heavy (non-hydrogen) atoms. The lowest BCUT2D eigenvalue weighted by Crippen LogP contribution is -2.17. The summed E-state index contributed by atoms with van der Waals surface area (Å²) in [7, 11) is 1.08. The number of ether oxygens (including phenoxy) is 1. The molecule has 0 fully saturated rings. The molecule has 0 amide bonds. The zero-order valence-corrected chi connectivity index (χ0v) is 16.0. The first-order valence-electron chi connectivity index (χ1n) is 8.12. The van der Waals surface area contributed by atoms with Crippen molar-refractivity contribution in [2.45, 2.75) is 29.5 Å². The third-order valence-corrected chi connectivity index (χ3v) is 4.80. The van der Waals surface area contributed by atoms with Crippen LogP contribution in [0, 0.1) is 0 Å². The van der Waals surface area contributed by atoms with Crippen molar-refractivity contribution in [1.29, 1.82) is 0 Å². The van der Waals surface area contributed by atoms with Gasteiger partial charge in [-0.1, -0.05) is 0 Å². The van der Waals surface area contributed by atoms with E-state index < -0.39 is 35.4 Å². The summed E-state index contributed by atoms with van der Waals surface area (Å²) in [5.41, 5.74) is -2.43. The number of pyridine rings is 2. The number of fused-ring (bicyclic) bond motifs is 1. The van der Waals surface area contributed by atoms with E-state index in [1.54, 1.807) is 0 Å². The maximum atomic E-state index is 13.4. The van der Waals surface area contributed by atoms with E-state index in [0.717, 1.165) is 19.3 Å². The Kier molecular flexibility index (Phi) is 5.62. The summed E-state index contributed by atoms with van der Waals surface area (Å²) in [6, 6.07) is 2.08. The molecule has 0 saturated heterocycles. The molecule has 3 aromatic rings. The van der Waals surface area contributed by atoms with E-state index in [9.17, 15) is 31.1 Å². The summed E-state index contributed by atoms with van der Waals surface area (Å²) in [5, 5.41) is 6.32.